The van der Waals surface area contributed by atoms with E-state index >= 15 is 0 Å². The molecule has 62 valence electrons. The monoisotopic (exact) mass is 170 g/mol. The Hall–Kier alpha value is -0.160. The standard InChI is InChI=1S/C5H11FO3S/c1-3-4-5(2)10(7,8)9-6/h5H,3-4H2,1-2H3. The normalized spacial score (nSPS) is 15.1. The van der Waals surface area contributed by atoms with E-state index < -0.39 is 15.4 Å². The summed E-state index contributed by atoms with van der Waals surface area (Å²) in [6.45, 7) is 3.24. The molecule has 3 nitrogen and oxygen atoms in total. The molecule has 0 radical (unpaired) electrons. The van der Waals surface area contributed by atoms with Crippen LogP contribution in [0.2, 0.25) is 0 Å². The van der Waals surface area contributed by atoms with E-state index in [1.807, 2.05) is 6.92 Å². The van der Waals surface area contributed by atoms with Gasteiger partial charge in [-0.2, -0.15) is 8.42 Å². The molecule has 0 bridgehead atoms. The lowest BCUT2D eigenvalue weighted by atomic mass is 10.3. The molecule has 0 aromatic heterocycles. The second-order valence-corrected chi connectivity index (χ2v) is 4.07. The molecule has 10 heavy (non-hydrogen) atoms. The molecule has 0 aliphatic heterocycles. The zero-order chi connectivity index (χ0) is 8.20. The van der Waals surface area contributed by atoms with Crippen molar-refractivity contribution in [2.45, 2.75) is 31.9 Å². The summed E-state index contributed by atoms with van der Waals surface area (Å²) in [6.07, 6.45) is 1.12. The maximum atomic E-state index is 11.3. The average molecular weight is 170 g/mol. The van der Waals surface area contributed by atoms with Crippen molar-refractivity contribution in [2.24, 2.45) is 0 Å². The molecule has 0 aromatic carbocycles. The average Bonchev–Trinajstić information content (AvgIpc) is 1.89. The van der Waals surface area contributed by atoms with E-state index in [4.69, 9.17) is 0 Å². The van der Waals surface area contributed by atoms with Crippen LogP contribution < -0.4 is 0 Å². The molecule has 1 unspecified atom stereocenters. The van der Waals surface area contributed by atoms with Gasteiger partial charge in [0.25, 0.3) is 10.1 Å². The first-order valence-electron chi connectivity index (χ1n) is 3.08. The van der Waals surface area contributed by atoms with Crippen molar-refractivity contribution >= 4 is 10.1 Å². The van der Waals surface area contributed by atoms with Crippen LogP contribution in [0.15, 0.2) is 0 Å². The molecule has 0 aliphatic carbocycles. The van der Waals surface area contributed by atoms with Crippen molar-refractivity contribution in [1.29, 1.82) is 0 Å². The minimum absolute atomic E-state index is 0.423. The van der Waals surface area contributed by atoms with E-state index in [0.29, 0.717) is 12.8 Å². The Bertz CT molecular complexity index is 175. The molecule has 0 fully saturated rings. The third kappa shape index (κ3) is 2.62. The van der Waals surface area contributed by atoms with Gasteiger partial charge in [-0.25, -0.2) is 0 Å². The third-order valence-corrected chi connectivity index (χ3v) is 2.67. The fourth-order valence-electron chi connectivity index (χ4n) is 0.613. The summed E-state index contributed by atoms with van der Waals surface area (Å²) in [5.41, 5.74) is 0. The highest BCUT2D eigenvalue weighted by Gasteiger charge is 2.20. The summed E-state index contributed by atoms with van der Waals surface area (Å²) in [6, 6.07) is 0. The van der Waals surface area contributed by atoms with Crippen LogP contribution in [0.25, 0.3) is 0 Å². The second kappa shape index (κ2) is 3.88. The van der Waals surface area contributed by atoms with Gasteiger partial charge >= 0.3 is 0 Å². The second-order valence-electron chi connectivity index (χ2n) is 2.16. The molecule has 0 N–H and O–H groups in total. The number of rotatable bonds is 4. The van der Waals surface area contributed by atoms with Crippen LogP contribution in [-0.2, 0) is 14.5 Å². The summed E-state index contributed by atoms with van der Waals surface area (Å²) in [5, 5.41) is -0.748. The molecule has 0 rings (SSSR count). The summed E-state index contributed by atoms with van der Waals surface area (Å²) < 4.78 is 35.1. The maximum Gasteiger partial charge on any atom is 0.300 e. The first-order valence-corrected chi connectivity index (χ1v) is 4.55. The fraction of sp³-hybridized carbons (Fsp3) is 1.00. The van der Waals surface area contributed by atoms with Gasteiger partial charge in [-0.05, 0) is 17.9 Å². The Balaban J connectivity index is 4.06. The van der Waals surface area contributed by atoms with E-state index in [2.05, 4.69) is 4.39 Å². The maximum absolute atomic E-state index is 11.3. The van der Waals surface area contributed by atoms with Gasteiger partial charge in [-0.15, -0.1) is 0 Å². The topological polar surface area (TPSA) is 43.4 Å². The third-order valence-electron chi connectivity index (χ3n) is 1.28. The van der Waals surface area contributed by atoms with Crippen molar-refractivity contribution in [3.8, 4) is 0 Å². The highest BCUT2D eigenvalue weighted by atomic mass is 32.2. The minimum Gasteiger partial charge on any atom is -0.197 e. The van der Waals surface area contributed by atoms with Gasteiger partial charge in [0.2, 0.25) is 0 Å². The van der Waals surface area contributed by atoms with Gasteiger partial charge in [0, 0.05) is 0 Å². The molecular weight excluding hydrogens is 159 g/mol. The Labute approximate surface area is 60.2 Å². The predicted octanol–water partition coefficient (Wildman–Crippen LogP) is 1.41. The molecule has 0 saturated heterocycles. The molecule has 0 spiro atoms. The Kier molecular flexibility index (Phi) is 3.81. The molecule has 0 aromatic rings. The Morgan fingerprint density at radius 3 is 2.40 bits per heavy atom. The first kappa shape index (κ1) is 9.84. The van der Waals surface area contributed by atoms with Crippen LogP contribution in [0.1, 0.15) is 26.7 Å². The van der Waals surface area contributed by atoms with Gasteiger partial charge in [0.1, 0.15) is 0 Å². The van der Waals surface area contributed by atoms with Gasteiger partial charge in [0.05, 0.1) is 5.25 Å². The Morgan fingerprint density at radius 1 is 1.60 bits per heavy atom. The lowest BCUT2D eigenvalue weighted by Gasteiger charge is -2.04. The fourth-order valence-corrected chi connectivity index (χ4v) is 1.26. The smallest absolute Gasteiger partial charge is 0.197 e. The first-order chi connectivity index (χ1) is 4.54. The van der Waals surface area contributed by atoms with Gasteiger partial charge in [-0.1, -0.05) is 17.7 Å². The number of halogens is 1. The van der Waals surface area contributed by atoms with Crippen molar-refractivity contribution in [1.82, 2.24) is 0 Å². The van der Waals surface area contributed by atoms with E-state index in [0.717, 1.165) is 0 Å². The molecule has 0 amide bonds. The van der Waals surface area contributed by atoms with Crippen LogP contribution in [0.3, 0.4) is 0 Å². The van der Waals surface area contributed by atoms with Crippen LogP contribution in [0, 0.1) is 0 Å². The van der Waals surface area contributed by atoms with Gasteiger partial charge in [-0.3, -0.25) is 0 Å². The molecule has 0 saturated carbocycles. The highest BCUT2D eigenvalue weighted by Crippen LogP contribution is 2.09. The summed E-state index contributed by atoms with van der Waals surface area (Å²) in [5.74, 6) is 0. The minimum atomic E-state index is -3.93. The van der Waals surface area contributed by atoms with Crippen LogP contribution >= 0.6 is 0 Å². The van der Waals surface area contributed by atoms with Crippen molar-refractivity contribution in [3.63, 3.8) is 0 Å². The van der Waals surface area contributed by atoms with Crippen molar-refractivity contribution < 1.29 is 17.3 Å². The highest BCUT2D eigenvalue weighted by molar-refractivity contribution is 7.87. The lowest BCUT2D eigenvalue weighted by Crippen LogP contribution is -2.17. The van der Waals surface area contributed by atoms with Crippen LogP contribution in [0.5, 0.6) is 0 Å². The van der Waals surface area contributed by atoms with E-state index in [9.17, 15) is 12.9 Å². The summed E-state index contributed by atoms with van der Waals surface area (Å²) >= 11 is 0. The van der Waals surface area contributed by atoms with Crippen molar-refractivity contribution in [3.05, 3.63) is 0 Å². The van der Waals surface area contributed by atoms with Crippen LogP contribution in [-0.4, -0.2) is 13.7 Å². The lowest BCUT2D eigenvalue weighted by molar-refractivity contribution is 0.00120. The van der Waals surface area contributed by atoms with E-state index in [1.54, 1.807) is 0 Å². The van der Waals surface area contributed by atoms with Gasteiger partial charge < -0.3 is 0 Å². The van der Waals surface area contributed by atoms with E-state index in [-0.39, 0.29) is 0 Å². The predicted molar refractivity (Wildman–Crippen MR) is 35.5 cm³/mol. The Morgan fingerprint density at radius 2 is 2.10 bits per heavy atom. The molecule has 0 heterocycles. The molecule has 5 heteroatoms. The zero-order valence-corrected chi connectivity index (χ0v) is 6.82. The molecule has 1 atom stereocenters. The van der Waals surface area contributed by atoms with Crippen LogP contribution in [0.4, 0.5) is 4.53 Å². The van der Waals surface area contributed by atoms with Gasteiger partial charge in [0.15, 0.2) is 0 Å². The SMILES string of the molecule is CCCC(C)S(=O)(=O)OF. The van der Waals surface area contributed by atoms with Crippen molar-refractivity contribution in [2.75, 3.05) is 0 Å². The number of hydrogen-bond acceptors (Lipinski definition) is 3. The summed E-state index contributed by atoms with van der Waals surface area (Å²) in [4.78, 5) is 0. The molecular formula is C5H11FO3S. The molecule has 0 aliphatic rings. The largest absolute Gasteiger partial charge is 0.300 e. The van der Waals surface area contributed by atoms with E-state index in [1.165, 1.54) is 6.92 Å². The number of hydrogen-bond donors (Lipinski definition) is 0. The quantitative estimate of drug-likeness (QED) is 0.640. The zero-order valence-electron chi connectivity index (χ0n) is 6.00. The summed E-state index contributed by atoms with van der Waals surface area (Å²) in [7, 11) is -3.93.